The summed E-state index contributed by atoms with van der Waals surface area (Å²) >= 11 is 1.58. The molecule has 2 rings (SSSR count). The first-order chi connectivity index (χ1) is 5.47. The van der Waals surface area contributed by atoms with E-state index in [2.05, 4.69) is 15.0 Å². The van der Waals surface area contributed by atoms with E-state index >= 15 is 0 Å². The normalized spacial score (nSPS) is 9.82. The van der Waals surface area contributed by atoms with E-state index in [4.69, 9.17) is 0 Å². The van der Waals surface area contributed by atoms with Gasteiger partial charge in [-0.15, -0.1) is 11.3 Å². The van der Waals surface area contributed by atoms with E-state index in [1.807, 2.05) is 6.20 Å². The molecule has 0 saturated carbocycles. The molecule has 2 heterocycles. The minimum atomic E-state index is 1.02. The summed E-state index contributed by atoms with van der Waals surface area (Å²) in [7, 11) is 0. The first-order valence-electron chi connectivity index (χ1n) is 3.11. The van der Waals surface area contributed by atoms with Crippen LogP contribution in [0.1, 0.15) is 0 Å². The van der Waals surface area contributed by atoms with E-state index in [-0.39, 0.29) is 0 Å². The summed E-state index contributed by atoms with van der Waals surface area (Å²) < 4.78 is 0. The number of thiazole rings is 1. The minimum Gasteiger partial charge on any atom is -0.252 e. The van der Waals surface area contributed by atoms with Crippen LogP contribution in [0.25, 0.3) is 10.4 Å². The highest BCUT2D eigenvalue weighted by molar-refractivity contribution is 7.13. The molecule has 0 aliphatic rings. The molecule has 11 heavy (non-hydrogen) atoms. The van der Waals surface area contributed by atoms with Crippen LogP contribution in [0.3, 0.4) is 0 Å². The van der Waals surface area contributed by atoms with Crippen molar-refractivity contribution in [3.05, 3.63) is 30.4 Å². The highest BCUT2D eigenvalue weighted by atomic mass is 32.1. The third-order valence-electron chi connectivity index (χ3n) is 1.28. The van der Waals surface area contributed by atoms with Gasteiger partial charge >= 0.3 is 0 Å². The molecule has 0 fully saturated rings. The van der Waals surface area contributed by atoms with Crippen LogP contribution in [-0.4, -0.2) is 15.0 Å². The van der Waals surface area contributed by atoms with Crippen molar-refractivity contribution in [1.82, 2.24) is 15.0 Å². The summed E-state index contributed by atoms with van der Waals surface area (Å²) in [5, 5.41) is 0. The Kier molecular flexibility index (Phi) is 1.61. The summed E-state index contributed by atoms with van der Waals surface area (Å²) in [6.07, 6.45) is 6.88. The highest BCUT2D eigenvalue weighted by Gasteiger charge is 1.96. The largest absolute Gasteiger partial charge is 0.252 e. The summed E-state index contributed by atoms with van der Waals surface area (Å²) in [4.78, 5) is 12.9. The van der Waals surface area contributed by atoms with Crippen LogP contribution in [0.5, 0.6) is 0 Å². The third kappa shape index (κ3) is 1.25. The molecule has 54 valence electrons. The first-order valence-corrected chi connectivity index (χ1v) is 3.98. The SMILES string of the molecule is c1ncc(-c2cncs2)cn1. The van der Waals surface area contributed by atoms with Crippen molar-refractivity contribution in [3.8, 4) is 10.4 Å². The van der Waals surface area contributed by atoms with Gasteiger partial charge in [0.1, 0.15) is 6.33 Å². The van der Waals surface area contributed by atoms with Crippen molar-refractivity contribution in [2.75, 3.05) is 0 Å². The zero-order chi connectivity index (χ0) is 7.52. The molecule has 0 saturated heterocycles. The first kappa shape index (κ1) is 6.42. The Morgan fingerprint density at radius 2 is 1.82 bits per heavy atom. The molecule has 4 heteroatoms. The maximum atomic E-state index is 3.96. The topological polar surface area (TPSA) is 38.7 Å². The zero-order valence-electron chi connectivity index (χ0n) is 5.64. The summed E-state index contributed by atoms with van der Waals surface area (Å²) in [5.41, 5.74) is 2.82. The molecule has 0 atom stereocenters. The number of hydrogen-bond donors (Lipinski definition) is 0. The van der Waals surface area contributed by atoms with Crippen LogP contribution in [0, 0.1) is 0 Å². The molecule has 0 bridgehead atoms. The van der Waals surface area contributed by atoms with Gasteiger partial charge in [0.2, 0.25) is 0 Å². The Balaban J connectivity index is 2.46. The van der Waals surface area contributed by atoms with Gasteiger partial charge in [0.15, 0.2) is 0 Å². The van der Waals surface area contributed by atoms with Crippen molar-refractivity contribution in [1.29, 1.82) is 0 Å². The Morgan fingerprint density at radius 3 is 2.45 bits per heavy atom. The van der Waals surface area contributed by atoms with Crippen molar-refractivity contribution < 1.29 is 0 Å². The number of rotatable bonds is 1. The van der Waals surface area contributed by atoms with E-state index in [1.165, 1.54) is 6.33 Å². The Hall–Kier alpha value is -1.29. The molecule has 0 spiro atoms. The second kappa shape index (κ2) is 2.75. The van der Waals surface area contributed by atoms with E-state index in [9.17, 15) is 0 Å². The molecule has 0 aliphatic heterocycles. The zero-order valence-corrected chi connectivity index (χ0v) is 6.45. The van der Waals surface area contributed by atoms with Gasteiger partial charge in [-0.3, -0.25) is 4.98 Å². The van der Waals surface area contributed by atoms with Gasteiger partial charge in [-0.25, -0.2) is 9.97 Å². The summed E-state index contributed by atoms with van der Waals surface area (Å²) in [6.45, 7) is 0. The number of hydrogen-bond acceptors (Lipinski definition) is 4. The van der Waals surface area contributed by atoms with Gasteiger partial charge in [-0.1, -0.05) is 0 Å². The average Bonchev–Trinajstić information content (AvgIpc) is 2.58. The molecule has 2 aromatic heterocycles. The van der Waals surface area contributed by atoms with Crippen molar-refractivity contribution >= 4 is 11.3 Å². The fourth-order valence-corrected chi connectivity index (χ4v) is 1.38. The average molecular weight is 163 g/mol. The molecule has 0 N–H and O–H groups in total. The number of nitrogens with zero attached hydrogens (tertiary/aromatic N) is 3. The van der Waals surface area contributed by atoms with Gasteiger partial charge in [0.05, 0.1) is 10.4 Å². The second-order valence-corrected chi connectivity index (χ2v) is 2.88. The van der Waals surface area contributed by atoms with E-state index in [0.29, 0.717) is 0 Å². The van der Waals surface area contributed by atoms with Crippen LogP contribution in [-0.2, 0) is 0 Å². The fraction of sp³-hybridized carbons (Fsp3) is 0. The van der Waals surface area contributed by atoms with Crippen molar-refractivity contribution in [2.45, 2.75) is 0 Å². The lowest BCUT2D eigenvalue weighted by Gasteiger charge is -1.90. The molecule has 0 aliphatic carbocycles. The fourth-order valence-electron chi connectivity index (χ4n) is 0.785. The molecule has 2 aromatic rings. The Labute approximate surface area is 67.8 Å². The molecule has 0 unspecified atom stereocenters. The quantitative estimate of drug-likeness (QED) is 0.641. The smallest absolute Gasteiger partial charge is 0.115 e. The molecule has 3 nitrogen and oxygen atoms in total. The minimum absolute atomic E-state index is 1.02. The standard InChI is InChI=1S/C7H5N3S/c1-6(2-9-4-8-1)7-3-10-5-11-7/h1-5H. The van der Waals surface area contributed by atoms with E-state index < -0.39 is 0 Å². The maximum absolute atomic E-state index is 3.96. The van der Waals surface area contributed by atoms with Crippen LogP contribution >= 0.6 is 11.3 Å². The van der Waals surface area contributed by atoms with Gasteiger partial charge in [-0.05, 0) is 0 Å². The van der Waals surface area contributed by atoms with Crippen LogP contribution in [0.15, 0.2) is 30.4 Å². The summed E-state index contributed by atoms with van der Waals surface area (Å²) in [5.74, 6) is 0. The Bertz CT molecular complexity index is 317. The van der Waals surface area contributed by atoms with Gasteiger partial charge in [-0.2, -0.15) is 0 Å². The lowest BCUT2D eigenvalue weighted by molar-refractivity contribution is 1.17. The van der Waals surface area contributed by atoms with Crippen molar-refractivity contribution in [2.24, 2.45) is 0 Å². The predicted octanol–water partition coefficient (Wildman–Crippen LogP) is 1.60. The van der Waals surface area contributed by atoms with Gasteiger partial charge in [0, 0.05) is 24.2 Å². The van der Waals surface area contributed by atoms with Gasteiger partial charge < -0.3 is 0 Å². The highest BCUT2D eigenvalue weighted by Crippen LogP contribution is 2.20. The molecular weight excluding hydrogens is 158 g/mol. The second-order valence-electron chi connectivity index (χ2n) is 1.99. The third-order valence-corrected chi connectivity index (χ3v) is 2.10. The van der Waals surface area contributed by atoms with Gasteiger partial charge in [0.25, 0.3) is 0 Å². The lowest BCUT2D eigenvalue weighted by atomic mass is 10.3. The molecule has 0 aromatic carbocycles. The molecule has 0 radical (unpaired) electrons. The molecule has 0 amide bonds. The van der Waals surface area contributed by atoms with Crippen LogP contribution < -0.4 is 0 Å². The van der Waals surface area contributed by atoms with E-state index in [0.717, 1.165) is 10.4 Å². The lowest BCUT2D eigenvalue weighted by Crippen LogP contribution is -1.77. The Morgan fingerprint density at radius 1 is 1.00 bits per heavy atom. The molecular formula is C7H5N3S. The summed E-state index contributed by atoms with van der Waals surface area (Å²) in [6, 6.07) is 0. The van der Waals surface area contributed by atoms with E-state index in [1.54, 1.807) is 29.2 Å². The van der Waals surface area contributed by atoms with Crippen molar-refractivity contribution in [3.63, 3.8) is 0 Å². The van der Waals surface area contributed by atoms with Crippen LogP contribution in [0.4, 0.5) is 0 Å². The maximum Gasteiger partial charge on any atom is 0.115 e. The number of aromatic nitrogens is 3. The predicted molar refractivity (Wildman–Crippen MR) is 43.1 cm³/mol. The van der Waals surface area contributed by atoms with Crippen LogP contribution in [0.2, 0.25) is 0 Å². The monoisotopic (exact) mass is 163 g/mol.